The summed E-state index contributed by atoms with van der Waals surface area (Å²) in [5.74, 6) is -0.178. The van der Waals surface area contributed by atoms with Crippen LogP contribution in [0.25, 0.3) is 0 Å². The zero-order valence-electron chi connectivity index (χ0n) is 14.1. The molecule has 1 N–H and O–H groups in total. The number of fused-ring (bicyclic) bond motifs is 1. The minimum Gasteiger partial charge on any atom is -0.449 e. The number of hydrogen-bond acceptors (Lipinski definition) is 3. The molecule has 4 nitrogen and oxygen atoms in total. The number of anilines is 2. The van der Waals surface area contributed by atoms with E-state index in [1.54, 1.807) is 18.2 Å². The van der Waals surface area contributed by atoms with Crippen molar-refractivity contribution in [2.45, 2.75) is 19.8 Å². The van der Waals surface area contributed by atoms with Crippen LogP contribution in [-0.2, 0) is 11.2 Å². The molecule has 2 aromatic rings. The van der Waals surface area contributed by atoms with Gasteiger partial charge in [0, 0.05) is 25.0 Å². The van der Waals surface area contributed by atoms with Gasteiger partial charge in [0.05, 0.1) is 6.61 Å². The first-order valence-corrected chi connectivity index (χ1v) is 8.08. The fourth-order valence-corrected chi connectivity index (χ4v) is 2.41. The molecule has 3 rings (SSSR count). The topological polar surface area (TPSA) is 41.6 Å². The Hall–Kier alpha value is -2.56. The molecule has 24 heavy (non-hydrogen) atoms. The fourth-order valence-electron chi connectivity index (χ4n) is 2.41. The Labute approximate surface area is 142 Å². The zero-order chi connectivity index (χ0) is 17.4. The van der Waals surface area contributed by atoms with E-state index in [1.165, 1.54) is 23.4 Å². The molecular formula is C19H23FN2O2. The molecule has 0 spiro atoms. The summed E-state index contributed by atoms with van der Waals surface area (Å²) in [6.45, 7) is 3.47. The standard InChI is InChI=1S/C13H18N2O2.C6H5F/c1-3-8-17-13(16)14-11-4-5-12-10(9-11)6-7-15(12)2;7-6-4-2-1-3-5-6/h4-5,9H,3,6-8H2,1-2H3,(H,14,16);1-5H. The van der Waals surface area contributed by atoms with Crippen molar-refractivity contribution < 1.29 is 13.9 Å². The van der Waals surface area contributed by atoms with Crippen molar-refractivity contribution in [3.8, 4) is 0 Å². The van der Waals surface area contributed by atoms with Gasteiger partial charge < -0.3 is 9.64 Å². The Morgan fingerprint density at radius 3 is 2.62 bits per heavy atom. The van der Waals surface area contributed by atoms with Gasteiger partial charge in [0.1, 0.15) is 5.82 Å². The monoisotopic (exact) mass is 330 g/mol. The highest BCUT2D eigenvalue weighted by molar-refractivity contribution is 5.85. The van der Waals surface area contributed by atoms with E-state index in [0.29, 0.717) is 6.61 Å². The zero-order valence-corrected chi connectivity index (χ0v) is 14.1. The molecule has 0 radical (unpaired) electrons. The molecule has 0 aliphatic carbocycles. The SMILES string of the molecule is CCCOC(=O)Nc1ccc2c(c1)CCN2C.Fc1ccccc1. The molecule has 1 amide bonds. The molecule has 0 fully saturated rings. The Morgan fingerprint density at radius 2 is 2.00 bits per heavy atom. The first kappa shape index (κ1) is 17.8. The maximum absolute atomic E-state index is 11.9. The van der Waals surface area contributed by atoms with Crippen LogP contribution >= 0.6 is 0 Å². The van der Waals surface area contributed by atoms with Crippen LogP contribution in [0.3, 0.4) is 0 Å². The second-order valence-electron chi connectivity index (χ2n) is 5.57. The van der Waals surface area contributed by atoms with E-state index in [4.69, 9.17) is 4.74 Å². The van der Waals surface area contributed by atoms with Gasteiger partial charge in [0.25, 0.3) is 0 Å². The highest BCUT2D eigenvalue weighted by atomic mass is 19.1. The number of carbonyl (C=O) groups is 1. The maximum atomic E-state index is 11.9. The fraction of sp³-hybridized carbons (Fsp3) is 0.316. The molecule has 0 atom stereocenters. The van der Waals surface area contributed by atoms with Crippen molar-refractivity contribution in [2.24, 2.45) is 0 Å². The largest absolute Gasteiger partial charge is 0.449 e. The summed E-state index contributed by atoms with van der Waals surface area (Å²) in [5.41, 5.74) is 3.33. The first-order chi connectivity index (χ1) is 11.6. The Balaban J connectivity index is 0.000000249. The summed E-state index contributed by atoms with van der Waals surface area (Å²) >= 11 is 0. The van der Waals surface area contributed by atoms with Crippen LogP contribution in [-0.4, -0.2) is 26.3 Å². The number of amides is 1. The highest BCUT2D eigenvalue weighted by Gasteiger charge is 2.16. The van der Waals surface area contributed by atoms with E-state index >= 15 is 0 Å². The molecule has 2 aromatic carbocycles. The summed E-state index contributed by atoms with van der Waals surface area (Å²) < 4.78 is 16.9. The number of hydrogen-bond donors (Lipinski definition) is 1. The molecule has 1 heterocycles. The van der Waals surface area contributed by atoms with Gasteiger partial charge in [0.15, 0.2) is 0 Å². The lowest BCUT2D eigenvalue weighted by molar-refractivity contribution is 0.161. The quantitative estimate of drug-likeness (QED) is 0.903. The third-order valence-corrected chi connectivity index (χ3v) is 3.62. The van der Waals surface area contributed by atoms with Gasteiger partial charge in [-0.15, -0.1) is 0 Å². The number of rotatable bonds is 3. The van der Waals surface area contributed by atoms with E-state index in [0.717, 1.165) is 25.1 Å². The summed E-state index contributed by atoms with van der Waals surface area (Å²) in [6.07, 6.45) is 1.49. The maximum Gasteiger partial charge on any atom is 0.411 e. The lowest BCUT2D eigenvalue weighted by Gasteiger charge is -2.12. The van der Waals surface area contributed by atoms with Crippen LogP contribution in [0.2, 0.25) is 0 Å². The first-order valence-electron chi connectivity index (χ1n) is 8.08. The predicted molar refractivity (Wildman–Crippen MR) is 95.1 cm³/mol. The van der Waals surface area contributed by atoms with Crippen LogP contribution in [0.15, 0.2) is 48.5 Å². The number of ether oxygens (including phenoxy) is 1. The van der Waals surface area contributed by atoms with Gasteiger partial charge in [-0.05, 0) is 48.7 Å². The van der Waals surface area contributed by atoms with Crippen molar-refractivity contribution >= 4 is 17.5 Å². The Kier molecular flexibility index (Phi) is 6.61. The number of nitrogens with zero attached hydrogens (tertiary/aromatic N) is 1. The molecule has 0 aromatic heterocycles. The van der Waals surface area contributed by atoms with Gasteiger partial charge in [-0.2, -0.15) is 0 Å². The van der Waals surface area contributed by atoms with Crippen LogP contribution in [0.5, 0.6) is 0 Å². The summed E-state index contributed by atoms with van der Waals surface area (Å²) in [6, 6.07) is 13.9. The number of nitrogens with one attached hydrogen (secondary N) is 1. The Bertz CT molecular complexity index is 662. The van der Waals surface area contributed by atoms with Gasteiger partial charge in [-0.3, -0.25) is 5.32 Å². The van der Waals surface area contributed by atoms with Crippen LogP contribution in [0, 0.1) is 5.82 Å². The third kappa shape index (κ3) is 5.26. The molecule has 1 aliphatic rings. The average molecular weight is 330 g/mol. The molecule has 0 unspecified atom stereocenters. The van der Waals surface area contributed by atoms with Crippen molar-refractivity contribution in [2.75, 3.05) is 30.4 Å². The van der Waals surface area contributed by atoms with E-state index in [1.807, 2.05) is 25.1 Å². The lowest BCUT2D eigenvalue weighted by Crippen LogP contribution is -2.14. The van der Waals surface area contributed by atoms with Crippen molar-refractivity contribution in [3.63, 3.8) is 0 Å². The van der Waals surface area contributed by atoms with Gasteiger partial charge >= 0.3 is 6.09 Å². The normalized spacial score (nSPS) is 12.0. The molecule has 128 valence electrons. The second-order valence-corrected chi connectivity index (χ2v) is 5.57. The number of benzene rings is 2. The van der Waals surface area contributed by atoms with Gasteiger partial charge in [0.2, 0.25) is 0 Å². The van der Waals surface area contributed by atoms with E-state index in [9.17, 15) is 9.18 Å². The van der Waals surface area contributed by atoms with Crippen LogP contribution < -0.4 is 10.2 Å². The third-order valence-electron chi connectivity index (χ3n) is 3.62. The van der Waals surface area contributed by atoms with Gasteiger partial charge in [-0.1, -0.05) is 25.1 Å². The highest BCUT2D eigenvalue weighted by Crippen LogP contribution is 2.29. The summed E-state index contributed by atoms with van der Waals surface area (Å²) in [5, 5.41) is 2.74. The molecule has 0 saturated heterocycles. The van der Waals surface area contributed by atoms with Crippen LogP contribution in [0.1, 0.15) is 18.9 Å². The molecule has 0 saturated carbocycles. The minimum absolute atomic E-state index is 0.178. The van der Waals surface area contributed by atoms with Crippen molar-refractivity contribution in [3.05, 3.63) is 59.9 Å². The lowest BCUT2D eigenvalue weighted by atomic mass is 10.1. The molecular weight excluding hydrogens is 307 g/mol. The van der Waals surface area contributed by atoms with E-state index < -0.39 is 0 Å². The molecule has 0 bridgehead atoms. The van der Waals surface area contributed by atoms with E-state index in [2.05, 4.69) is 17.3 Å². The number of carbonyl (C=O) groups excluding carboxylic acids is 1. The minimum atomic E-state index is -0.377. The van der Waals surface area contributed by atoms with Crippen LogP contribution in [0.4, 0.5) is 20.6 Å². The number of halogens is 1. The molecule has 5 heteroatoms. The predicted octanol–water partition coefficient (Wildman–Crippen LogP) is 4.46. The summed E-state index contributed by atoms with van der Waals surface area (Å²) in [4.78, 5) is 13.6. The smallest absolute Gasteiger partial charge is 0.411 e. The van der Waals surface area contributed by atoms with Crippen molar-refractivity contribution in [1.82, 2.24) is 0 Å². The summed E-state index contributed by atoms with van der Waals surface area (Å²) in [7, 11) is 2.08. The van der Waals surface area contributed by atoms with E-state index in [-0.39, 0.29) is 11.9 Å². The van der Waals surface area contributed by atoms with Gasteiger partial charge in [-0.25, -0.2) is 9.18 Å². The second kappa shape index (κ2) is 8.91. The number of likely N-dealkylation sites (N-methyl/N-ethyl adjacent to an activating group) is 1. The molecule has 1 aliphatic heterocycles. The van der Waals surface area contributed by atoms with Crippen molar-refractivity contribution in [1.29, 1.82) is 0 Å². The average Bonchev–Trinajstić information content (AvgIpc) is 2.95. The Morgan fingerprint density at radius 1 is 1.25 bits per heavy atom.